The minimum atomic E-state index is 0.510. The van der Waals surface area contributed by atoms with Gasteiger partial charge >= 0.3 is 0 Å². The van der Waals surface area contributed by atoms with E-state index in [2.05, 4.69) is 39.7 Å². The lowest BCUT2D eigenvalue weighted by atomic mass is 10.2. The first-order chi connectivity index (χ1) is 5.68. The van der Waals surface area contributed by atoms with Gasteiger partial charge in [-0.05, 0) is 21.8 Å². The van der Waals surface area contributed by atoms with Crippen LogP contribution >= 0.6 is 15.9 Å². The van der Waals surface area contributed by atoms with Crippen molar-refractivity contribution in [3.05, 3.63) is 17.0 Å². The van der Waals surface area contributed by atoms with E-state index in [1.54, 1.807) is 12.4 Å². The number of rotatable bonds is 3. The Morgan fingerprint density at radius 1 is 1.42 bits per heavy atom. The summed E-state index contributed by atoms with van der Waals surface area (Å²) in [6, 6.07) is 0. The molecule has 1 rings (SSSR count). The number of ether oxygens (including phenoxy) is 1. The van der Waals surface area contributed by atoms with Gasteiger partial charge in [0, 0.05) is 0 Å². The summed E-state index contributed by atoms with van der Waals surface area (Å²) in [7, 11) is 0. The topological polar surface area (TPSA) is 35.0 Å². The van der Waals surface area contributed by atoms with Gasteiger partial charge in [-0.3, -0.25) is 0 Å². The molecule has 1 aromatic rings. The lowest BCUT2D eigenvalue weighted by Gasteiger charge is -2.06. The first kappa shape index (κ1) is 9.45. The van der Waals surface area contributed by atoms with Crippen molar-refractivity contribution in [3.63, 3.8) is 0 Å². The molecule has 0 aromatic carbocycles. The van der Waals surface area contributed by atoms with Crippen LogP contribution in [0.3, 0.4) is 0 Å². The van der Waals surface area contributed by atoms with Gasteiger partial charge in [0.15, 0.2) is 0 Å². The van der Waals surface area contributed by atoms with Crippen LogP contribution in [-0.4, -0.2) is 16.6 Å². The summed E-state index contributed by atoms with van der Waals surface area (Å²) in [5.74, 6) is 1.09. The molecule has 0 saturated carbocycles. The highest BCUT2D eigenvalue weighted by Gasteiger charge is 1.97. The second-order valence-electron chi connectivity index (χ2n) is 2.88. The molecular formula is C8H11BrN2O. The molecule has 0 spiro atoms. The monoisotopic (exact) mass is 230 g/mol. The second-order valence-corrected chi connectivity index (χ2v) is 3.69. The largest absolute Gasteiger partial charge is 0.476 e. The number of aromatic nitrogens is 2. The fourth-order valence-electron chi connectivity index (χ4n) is 0.627. The van der Waals surface area contributed by atoms with Crippen LogP contribution in [0.15, 0.2) is 17.0 Å². The normalized spacial score (nSPS) is 10.3. The SMILES string of the molecule is CC(C)COc1cnc(Br)cn1. The minimum Gasteiger partial charge on any atom is -0.476 e. The smallest absolute Gasteiger partial charge is 0.232 e. The fraction of sp³-hybridized carbons (Fsp3) is 0.500. The molecule has 1 aromatic heterocycles. The summed E-state index contributed by atoms with van der Waals surface area (Å²) in [6.07, 6.45) is 3.22. The van der Waals surface area contributed by atoms with Crippen molar-refractivity contribution in [1.29, 1.82) is 0 Å². The molecule has 0 aliphatic carbocycles. The third kappa shape index (κ3) is 3.17. The van der Waals surface area contributed by atoms with Crippen molar-refractivity contribution in [1.82, 2.24) is 9.97 Å². The van der Waals surface area contributed by atoms with Crippen LogP contribution in [0.1, 0.15) is 13.8 Å². The Kier molecular flexibility index (Phi) is 3.47. The molecule has 3 nitrogen and oxygen atoms in total. The number of nitrogens with zero attached hydrogens (tertiary/aromatic N) is 2. The van der Waals surface area contributed by atoms with Crippen LogP contribution in [0.4, 0.5) is 0 Å². The average Bonchev–Trinajstić information content (AvgIpc) is 2.03. The molecule has 0 N–H and O–H groups in total. The quantitative estimate of drug-likeness (QED) is 0.800. The third-order valence-corrected chi connectivity index (χ3v) is 1.57. The Morgan fingerprint density at radius 2 is 2.17 bits per heavy atom. The molecule has 0 amide bonds. The Hall–Kier alpha value is -0.640. The minimum absolute atomic E-state index is 0.510. The molecule has 0 bridgehead atoms. The van der Waals surface area contributed by atoms with Gasteiger partial charge in [-0.2, -0.15) is 0 Å². The van der Waals surface area contributed by atoms with E-state index in [1.807, 2.05) is 0 Å². The first-order valence-electron chi connectivity index (χ1n) is 3.79. The number of halogens is 1. The zero-order valence-corrected chi connectivity index (χ0v) is 8.71. The molecule has 0 atom stereocenters. The van der Waals surface area contributed by atoms with Crippen LogP contribution in [-0.2, 0) is 0 Å². The molecular weight excluding hydrogens is 220 g/mol. The highest BCUT2D eigenvalue weighted by molar-refractivity contribution is 9.10. The summed E-state index contributed by atoms with van der Waals surface area (Å²) < 4.78 is 6.05. The fourth-order valence-corrected chi connectivity index (χ4v) is 0.832. The second kappa shape index (κ2) is 4.40. The maximum atomic E-state index is 5.33. The van der Waals surface area contributed by atoms with Gasteiger partial charge in [0.05, 0.1) is 19.0 Å². The lowest BCUT2D eigenvalue weighted by Crippen LogP contribution is -2.05. The summed E-state index contributed by atoms with van der Waals surface area (Å²) in [5, 5.41) is 0. The van der Waals surface area contributed by atoms with Crippen molar-refractivity contribution in [2.45, 2.75) is 13.8 Å². The van der Waals surface area contributed by atoms with Gasteiger partial charge in [-0.15, -0.1) is 0 Å². The molecule has 0 saturated heterocycles. The number of hydrogen-bond acceptors (Lipinski definition) is 3. The van der Waals surface area contributed by atoms with Crippen molar-refractivity contribution in [2.24, 2.45) is 5.92 Å². The Bertz CT molecular complexity index is 235. The highest BCUT2D eigenvalue weighted by Crippen LogP contribution is 2.08. The summed E-state index contributed by atoms with van der Waals surface area (Å²) in [5.41, 5.74) is 0. The van der Waals surface area contributed by atoms with E-state index in [0.717, 1.165) is 4.60 Å². The van der Waals surface area contributed by atoms with Gasteiger partial charge in [-0.1, -0.05) is 13.8 Å². The van der Waals surface area contributed by atoms with Crippen molar-refractivity contribution in [3.8, 4) is 5.88 Å². The van der Waals surface area contributed by atoms with Gasteiger partial charge in [-0.25, -0.2) is 9.97 Å². The van der Waals surface area contributed by atoms with E-state index in [-0.39, 0.29) is 0 Å². The van der Waals surface area contributed by atoms with E-state index >= 15 is 0 Å². The maximum absolute atomic E-state index is 5.33. The lowest BCUT2D eigenvalue weighted by molar-refractivity contribution is 0.260. The van der Waals surface area contributed by atoms with Crippen LogP contribution in [0, 0.1) is 5.92 Å². The third-order valence-electron chi connectivity index (χ3n) is 1.16. The average molecular weight is 231 g/mol. The zero-order valence-electron chi connectivity index (χ0n) is 7.12. The summed E-state index contributed by atoms with van der Waals surface area (Å²) in [6.45, 7) is 4.86. The standard InChI is InChI=1S/C8H11BrN2O/c1-6(2)5-12-8-4-10-7(9)3-11-8/h3-4,6H,5H2,1-2H3. The molecule has 66 valence electrons. The van der Waals surface area contributed by atoms with Crippen molar-refractivity contribution < 1.29 is 4.74 Å². The molecule has 0 fully saturated rings. The molecule has 12 heavy (non-hydrogen) atoms. The van der Waals surface area contributed by atoms with Crippen molar-refractivity contribution in [2.75, 3.05) is 6.61 Å². The van der Waals surface area contributed by atoms with E-state index in [4.69, 9.17) is 4.74 Å². The molecule has 4 heteroatoms. The van der Waals surface area contributed by atoms with E-state index in [1.165, 1.54) is 0 Å². The predicted molar refractivity (Wildman–Crippen MR) is 50.1 cm³/mol. The molecule has 0 aliphatic rings. The van der Waals surface area contributed by atoms with Gasteiger partial charge < -0.3 is 4.74 Å². The van der Waals surface area contributed by atoms with Gasteiger partial charge in [0.1, 0.15) is 4.60 Å². The summed E-state index contributed by atoms with van der Waals surface area (Å²) >= 11 is 3.20. The molecule has 1 heterocycles. The maximum Gasteiger partial charge on any atom is 0.232 e. The van der Waals surface area contributed by atoms with E-state index in [0.29, 0.717) is 18.4 Å². The molecule has 0 unspecified atom stereocenters. The zero-order chi connectivity index (χ0) is 8.97. The van der Waals surface area contributed by atoms with Crippen LogP contribution in [0.25, 0.3) is 0 Å². The van der Waals surface area contributed by atoms with Crippen LogP contribution in [0.5, 0.6) is 5.88 Å². The summed E-state index contributed by atoms with van der Waals surface area (Å²) in [4.78, 5) is 8.00. The Morgan fingerprint density at radius 3 is 2.67 bits per heavy atom. The van der Waals surface area contributed by atoms with E-state index < -0.39 is 0 Å². The Balaban J connectivity index is 2.48. The Labute approximate surface area is 80.3 Å². The van der Waals surface area contributed by atoms with Crippen LogP contribution < -0.4 is 4.74 Å². The number of hydrogen-bond donors (Lipinski definition) is 0. The van der Waals surface area contributed by atoms with E-state index in [9.17, 15) is 0 Å². The van der Waals surface area contributed by atoms with Crippen molar-refractivity contribution >= 4 is 15.9 Å². The highest BCUT2D eigenvalue weighted by atomic mass is 79.9. The predicted octanol–water partition coefficient (Wildman–Crippen LogP) is 2.27. The molecule has 0 aliphatic heterocycles. The van der Waals surface area contributed by atoms with Gasteiger partial charge in [0.2, 0.25) is 5.88 Å². The van der Waals surface area contributed by atoms with Gasteiger partial charge in [0.25, 0.3) is 0 Å². The van der Waals surface area contributed by atoms with Crippen LogP contribution in [0.2, 0.25) is 0 Å². The first-order valence-corrected chi connectivity index (χ1v) is 4.58. The molecule has 0 radical (unpaired) electrons.